The van der Waals surface area contributed by atoms with Gasteiger partial charge in [-0.15, -0.1) is 0 Å². The number of hydrogen-bond donors (Lipinski definition) is 2. The van der Waals surface area contributed by atoms with Crippen molar-refractivity contribution in [3.63, 3.8) is 0 Å². The largest absolute Gasteiger partial charge is 0.489 e. The van der Waals surface area contributed by atoms with Crippen LogP contribution in [0.3, 0.4) is 0 Å². The molecule has 7 heteroatoms. The Morgan fingerprint density at radius 1 is 0.574 bits per heavy atom. The lowest BCUT2D eigenvalue weighted by atomic mass is 9.95. The molecule has 0 aliphatic rings. The van der Waals surface area contributed by atoms with E-state index in [0.717, 1.165) is 46.4 Å². The molecule has 0 unspecified atom stereocenters. The Morgan fingerprint density at radius 2 is 1.02 bits per heavy atom. The summed E-state index contributed by atoms with van der Waals surface area (Å²) in [7, 11) is 0. The summed E-state index contributed by atoms with van der Waals surface area (Å²) in [4.78, 5) is 23.8. The van der Waals surface area contributed by atoms with Crippen LogP contribution in [0.1, 0.15) is 50.2 Å². The van der Waals surface area contributed by atoms with Crippen molar-refractivity contribution in [3.05, 3.63) is 126 Å². The van der Waals surface area contributed by atoms with E-state index in [4.69, 9.17) is 24.4 Å². The Balaban J connectivity index is 1.43. The fourth-order valence-electron chi connectivity index (χ4n) is 4.92. The highest BCUT2D eigenvalue weighted by Crippen LogP contribution is 2.29. The van der Waals surface area contributed by atoms with Gasteiger partial charge in [0.15, 0.2) is 0 Å². The molecule has 0 radical (unpaired) electrons. The fraction of sp³-hybridized carbons (Fsp3) is 0.250. The molecule has 0 amide bonds. The minimum Gasteiger partial charge on any atom is -0.489 e. The van der Waals surface area contributed by atoms with Gasteiger partial charge in [0.1, 0.15) is 23.9 Å². The minimum absolute atomic E-state index is 0.00122. The average molecular weight is 635 g/mol. The lowest BCUT2D eigenvalue weighted by Gasteiger charge is -2.14. The maximum absolute atomic E-state index is 11.9. The Bertz CT molecular complexity index is 1650. The van der Waals surface area contributed by atoms with Crippen molar-refractivity contribution in [2.45, 2.75) is 52.1 Å². The van der Waals surface area contributed by atoms with Crippen LogP contribution in [-0.4, -0.2) is 35.4 Å². The fourth-order valence-corrected chi connectivity index (χ4v) is 4.92. The van der Waals surface area contributed by atoms with E-state index in [0.29, 0.717) is 18.1 Å². The van der Waals surface area contributed by atoms with Gasteiger partial charge in [-0.2, -0.15) is 0 Å². The number of carbonyl (C=O) groups excluding carboxylic acids is 2. The molecule has 47 heavy (non-hydrogen) atoms. The van der Waals surface area contributed by atoms with Gasteiger partial charge in [-0.3, -0.25) is 0 Å². The number of aryl methyl sites for hydroxylation is 1. The SMILES string of the molecule is C=C(CO)C(=O)Oc1ccc(-c2ccc(OCc3ccc(-c4ccc(OC(=O)C(=C)CO)cc4)cc3CCCCCCC)cc2)cc1. The van der Waals surface area contributed by atoms with Crippen LogP contribution in [0.15, 0.2) is 115 Å². The highest BCUT2D eigenvalue weighted by Gasteiger charge is 2.12. The van der Waals surface area contributed by atoms with Crippen LogP contribution in [0.4, 0.5) is 0 Å². The Hall–Kier alpha value is -4.98. The van der Waals surface area contributed by atoms with Crippen molar-refractivity contribution >= 4 is 11.9 Å². The molecule has 4 aromatic carbocycles. The molecule has 0 fully saturated rings. The Kier molecular flexibility index (Phi) is 13.1. The summed E-state index contributed by atoms with van der Waals surface area (Å²) in [6, 6.07) is 28.7. The molecule has 0 heterocycles. The van der Waals surface area contributed by atoms with Crippen molar-refractivity contribution in [1.82, 2.24) is 0 Å². The predicted molar refractivity (Wildman–Crippen MR) is 184 cm³/mol. The third-order valence-corrected chi connectivity index (χ3v) is 7.76. The summed E-state index contributed by atoms with van der Waals surface area (Å²) in [5.74, 6) is 0.226. The molecular weight excluding hydrogens is 592 g/mol. The van der Waals surface area contributed by atoms with Gasteiger partial charge in [-0.25, -0.2) is 9.59 Å². The normalized spacial score (nSPS) is 10.7. The smallest absolute Gasteiger partial charge is 0.341 e. The van der Waals surface area contributed by atoms with Crippen LogP contribution >= 0.6 is 0 Å². The van der Waals surface area contributed by atoms with Crippen molar-refractivity contribution in [3.8, 4) is 39.5 Å². The van der Waals surface area contributed by atoms with E-state index in [1.807, 2.05) is 48.5 Å². The highest BCUT2D eigenvalue weighted by molar-refractivity contribution is 5.90. The maximum atomic E-state index is 11.9. The van der Waals surface area contributed by atoms with Gasteiger partial charge in [0.25, 0.3) is 0 Å². The van der Waals surface area contributed by atoms with Crippen LogP contribution in [0.5, 0.6) is 17.2 Å². The van der Waals surface area contributed by atoms with Gasteiger partial charge < -0.3 is 24.4 Å². The monoisotopic (exact) mass is 634 g/mol. The zero-order valence-electron chi connectivity index (χ0n) is 26.9. The number of esters is 2. The molecule has 0 aliphatic heterocycles. The first-order chi connectivity index (χ1) is 22.8. The number of rotatable bonds is 17. The average Bonchev–Trinajstić information content (AvgIpc) is 3.11. The molecule has 4 rings (SSSR count). The lowest BCUT2D eigenvalue weighted by molar-refractivity contribution is -0.131. The first kappa shape index (κ1) is 34.9. The minimum atomic E-state index is -0.656. The first-order valence-electron chi connectivity index (χ1n) is 15.9. The van der Waals surface area contributed by atoms with Crippen LogP contribution in [0.25, 0.3) is 22.3 Å². The topological polar surface area (TPSA) is 102 Å². The predicted octanol–water partition coefficient (Wildman–Crippen LogP) is 8.02. The first-order valence-corrected chi connectivity index (χ1v) is 15.9. The summed E-state index contributed by atoms with van der Waals surface area (Å²) in [5, 5.41) is 18.1. The van der Waals surface area contributed by atoms with Crippen LogP contribution in [0, 0.1) is 0 Å². The number of unbranched alkanes of at least 4 members (excludes halogenated alkanes) is 4. The van der Waals surface area contributed by atoms with Crippen LogP contribution in [0.2, 0.25) is 0 Å². The van der Waals surface area contributed by atoms with E-state index in [1.165, 1.54) is 31.2 Å². The third-order valence-electron chi connectivity index (χ3n) is 7.76. The molecule has 0 bridgehead atoms. The summed E-state index contributed by atoms with van der Waals surface area (Å²) in [6.07, 6.45) is 6.91. The van der Waals surface area contributed by atoms with Gasteiger partial charge in [-0.05, 0) is 82.6 Å². The zero-order valence-corrected chi connectivity index (χ0v) is 26.9. The van der Waals surface area contributed by atoms with Crippen molar-refractivity contribution in [1.29, 1.82) is 0 Å². The van der Waals surface area contributed by atoms with Crippen molar-refractivity contribution in [2.75, 3.05) is 13.2 Å². The van der Waals surface area contributed by atoms with Gasteiger partial charge in [0.05, 0.1) is 24.4 Å². The van der Waals surface area contributed by atoms with Crippen molar-refractivity contribution in [2.24, 2.45) is 0 Å². The maximum Gasteiger partial charge on any atom is 0.341 e. The van der Waals surface area contributed by atoms with E-state index in [2.05, 4.69) is 38.3 Å². The quantitative estimate of drug-likeness (QED) is 0.0525. The van der Waals surface area contributed by atoms with E-state index in [9.17, 15) is 9.59 Å². The molecule has 0 saturated heterocycles. The van der Waals surface area contributed by atoms with Gasteiger partial charge in [-0.1, -0.05) is 100 Å². The van der Waals surface area contributed by atoms with Crippen molar-refractivity contribution < 1.29 is 34.0 Å². The van der Waals surface area contributed by atoms with E-state index < -0.39 is 25.2 Å². The summed E-state index contributed by atoms with van der Waals surface area (Å²) in [6.45, 7) is 8.75. The molecule has 0 saturated carbocycles. The molecule has 0 aliphatic carbocycles. The molecule has 4 aromatic rings. The second-order valence-corrected chi connectivity index (χ2v) is 11.3. The number of ether oxygens (including phenoxy) is 3. The number of carbonyl (C=O) groups is 2. The zero-order chi connectivity index (χ0) is 33.6. The van der Waals surface area contributed by atoms with E-state index in [-0.39, 0.29) is 11.1 Å². The number of benzene rings is 4. The Morgan fingerprint density at radius 3 is 1.51 bits per heavy atom. The summed E-state index contributed by atoms with van der Waals surface area (Å²) < 4.78 is 16.7. The second-order valence-electron chi connectivity index (χ2n) is 11.3. The molecule has 244 valence electrons. The number of aliphatic hydroxyl groups is 2. The molecule has 0 atom stereocenters. The van der Waals surface area contributed by atoms with Crippen LogP contribution < -0.4 is 14.2 Å². The number of hydrogen-bond acceptors (Lipinski definition) is 7. The van der Waals surface area contributed by atoms with Gasteiger partial charge >= 0.3 is 11.9 Å². The van der Waals surface area contributed by atoms with Crippen LogP contribution in [-0.2, 0) is 22.6 Å². The summed E-state index contributed by atoms with van der Waals surface area (Å²) in [5.41, 5.74) is 6.40. The molecule has 2 N–H and O–H groups in total. The third kappa shape index (κ3) is 10.3. The van der Waals surface area contributed by atoms with Gasteiger partial charge in [0, 0.05) is 0 Å². The second kappa shape index (κ2) is 17.6. The molecule has 0 spiro atoms. The van der Waals surface area contributed by atoms with E-state index >= 15 is 0 Å². The molecule has 7 nitrogen and oxygen atoms in total. The molecule has 0 aromatic heterocycles. The Labute approximate surface area is 276 Å². The standard InChI is InChI=1S/C40H42O7/c1-4-5-6-7-8-9-33-24-34(32-16-22-38(23-17-32)47-40(44)29(3)26-42)10-11-35(33)27-45-36-18-12-30(13-19-36)31-14-20-37(21-15-31)46-39(43)28(2)25-41/h10-24,41-42H,2-9,25-27H2,1H3. The number of aliphatic hydroxyl groups excluding tert-OH is 2. The van der Waals surface area contributed by atoms with Gasteiger partial charge in [0.2, 0.25) is 0 Å². The van der Waals surface area contributed by atoms with E-state index in [1.54, 1.807) is 24.3 Å². The highest BCUT2D eigenvalue weighted by atomic mass is 16.5. The lowest BCUT2D eigenvalue weighted by Crippen LogP contribution is -2.12. The summed E-state index contributed by atoms with van der Waals surface area (Å²) >= 11 is 0. The molecular formula is C40H42O7.